The maximum atomic E-state index is 10.1. The van der Waals surface area contributed by atoms with Gasteiger partial charge in [0.2, 0.25) is 6.29 Å². The second kappa shape index (κ2) is 8.45. The van der Waals surface area contributed by atoms with Gasteiger partial charge in [0.1, 0.15) is 36.1 Å². The van der Waals surface area contributed by atoms with Crippen LogP contribution in [0, 0.1) is 0 Å². The lowest BCUT2D eigenvalue weighted by Crippen LogP contribution is -2.60. The molecule has 0 saturated carbocycles. The molecule has 2 heterocycles. The molecule has 0 aromatic heterocycles. The molecule has 7 N–H and O–H groups in total. The van der Waals surface area contributed by atoms with E-state index in [9.17, 15) is 30.6 Å². The molecule has 1 aromatic rings. The van der Waals surface area contributed by atoms with Gasteiger partial charge in [0.25, 0.3) is 0 Å². The second-order valence-corrected chi connectivity index (χ2v) is 6.82. The van der Waals surface area contributed by atoms with Crippen molar-refractivity contribution in [2.45, 2.75) is 48.7 Å². The normalized spacial score (nSPS) is 41.1. The molecule has 2 fully saturated rings. The molecule has 11 heteroatoms. The Morgan fingerprint density at radius 2 is 1.75 bits per heavy atom. The zero-order valence-electron chi connectivity index (χ0n) is 14.7. The van der Waals surface area contributed by atoms with E-state index >= 15 is 0 Å². The maximum absolute atomic E-state index is 10.1. The molecule has 0 aliphatic carbocycles. The molecule has 2 aliphatic rings. The van der Waals surface area contributed by atoms with Crippen molar-refractivity contribution in [3.8, 4) is 11.5 Å². The molecule has 2 saturated heterocycles. The fraction of sp³-hybridized carbons (Fsp3) is 0.647. The number of ether oxygens (including phenoxy) is 4. The van der Waals surface area contributed by atoms with E-state index in [0.29, 0.717) is 0 Å². The highest BCUT2D eigenvalue weighted by atomic mass is 16.7. The standard InChI is InChI=1S/C17H24O11/c18-6-17(24)7-26-16(14(17)23)25-5-10-11(20)12(21)13(22)15(28-10)27-9-4-2-1-3-8(9)19/h1-4,10-16,18-24H,5-7H2. The number of hydrogen-bond donors (Lipinski definition) is 7. The van der Waals surface area contributed by atoms with Crippen molar-refractivity contribution in [1.82, 2.24) is 0 Å². The van der Waals surface area contributed by atoms with Gasteiger partial charge in [-0.2, -0.15) is 0 Å². The van der Waals surface area contributed by atoms with E-state index in [-0.39, 0.29) is 18.1 Å². The lowest BCUT2D eigenvalue weighted by molar-refractivity contribution is -0.289. The Hall–Kier alpha value is -1.54. The van der Waals surface area contributed by atoms with Crippen LogP contribution in [-0.4, -0.2) is 104 Å². The smallest absolute Gasteiger partial charge is 0.229 e. The van der Waals surface area contributed by atoms with Gasteiger partial charge in [-0.05, 0) is 12.1 Å². The van der Waals surface area contributed by atoms with Gasteiger partial charge in [0, 0.05) is 0 Å². The Bertz CT molecular complexity index is 658. The van der Waals surface area contributed by atoms with E-state index in [0.717, 1.165) is 0 Å². The zero-order valence-corrected chi connectivity index (χ0v) is 14.7. The molecule has 8 atom stereocenters. The fourth-order valence-corrected chi connectivity index (χ4v) is 2.96. The summed E-state index contributed by atoms with van der Waals surface area (Å²) in [5, 5.41) is 69.1. The van der Waals surface area contributed by atoms with Crippen LogP contribution in [0.15, 0.2) is 24.3 Å². The van der Waals surface area contributed by atoms with Gasteiger partial charge < -0.3 is 54.7 Å². The molecule has 158 valence electrons. The van der Waals surface area contributed by atoms with Gasteiger partial charge in [-0.15, -0.1) is 0 Å². The summed E-state index contributed by atoms with van der Waals surface area (Å²) in [4.78, 5) is 0. The molecule has 2 aliphatic heterocycles. The molecule has 3 rings (SSSR count). The van der Waals surface area contributed by atoms with Crippen LogP contribution in [0.1, 0.15) is 0 Å². The Kier molecular flexibility index (Phi) is 6.39. The van der Waals surface area contributed by atoms with Crippen LogP contribution in [0.25, 0.3) is 0 Å². The molecule has 1 aromatic carbocycles. The maximum Gasteiger partial charge on any atom is 0.229 e. The number of benzene rings is 1. The number of phenols is 1. The summed E-state index contributed by atoms with van der Waals surface area (Å²) in [6.45, 7) is -1.49. The third-order valence-electron chi connectivity index (χ3n) is 4.78. The van der Waals surface area contributed by atoms with Crippen LogP contribution in [0.4, 0.5) is 0 Å². The van der Waals surface area contributed by atoms with E-state index in [1.165, 1.54) is 12.1 Å². The summed E-state index contributed by atoms with van der Waals surface area (Å²) in [6.07, 6.45) is -10.2. The zero-order chi connectivity index (χ0) is 20.5. The number of phenolic OH excluding ortho intramolecular Hbond substituents is 1. The fourth-order valence-electron chi connectivity index (χ4n) is 2.96. The van der Waals surface area contributed by atoms with Crippen molar-refractivity contribution in [2.75, 3.05) is 19.8 Å². The monoisotopic (exact) mass is 404 g/mol. The van der Waals surface area contributed by atoms with Crippen LogP contribution in [0.3, 0.4) is 0 Å². The van der Waals surface area contributed by atoms with E-state index in [1.54, 1.807) is 12.1 Å². The Labute approximate surface area is 159 Å². The average Bonchev–Trinajstić information content (AvgIpc) is 2.98. The van der Waals surface area contributed by atoms with E-state index < -0.39 is 61.9 Å². The van der Waals surface area contributed by atoms with Gasteiger partial charge >= 0.3 is 0 Å². The third kappa shape index (κ3) is 4.08. The topological polar surface area (TPSA) is 179 Å². The Morgan fingerprint density at radius 3 is 2.39 bits per heavy atom. The van der Waals surface area contributed by atoms with Crippen LogP contribution >= 0.6 is 0 Å². The van der Waals surface area contributed by atoms with Crippen molar-refractivity contribution in [3.63, 3.8) is 0 Å². The number of aliphatic hydroxyl groups excluding tert-OH is 5. The highest BCUT2D eigenvalue weighted by molar-refractivity contribution is 5.38. The number of aliphatic hydroxyl groups is 6. The highest BCUT2D eigenvalue weighted by Gasteiger charge is 2.50. The summed E-state index contributed by atoms with van der Waals surface area (Å²) in [6, 6.07) is 5.93. The van der Waals surface area contributed by atoms with Gasteiger partial charge in [0.15, 0.2) is 17.8 Å². The lowest BCUT2D eigenvalue weighted by atomic mass is 9.99. The molecule has 0 bridgehead atoms. The molecule has 8 unspecified atom stereocenters. The quantitative estimate of drug-likeness (QED) is 0.257. The first-order chi connectivity index (χ1) is 13.3. The predicted octanol–water partition coefficient (Wildman–Crippen LogP) is -2.96. The van der Waals surface area contributed by atoms with Crippen molar-refractivity contribution in [1.29, 1.82) is 0 Å². The van der Waals surface area contributed by atoms with Crippen LogP contribution in [0.2, 0.25) is 0 Å². The minimum atomic E-state index is -1.87. The molecule has 0 amide bonds. The summed E-state index contributed by atoms with van der Waals surface area (Å²) in [7, 11) is 0. The van der Waals surface area contributed by atoms with Gasteiger partial charge in [-0.1, -0.05) is 12.1 Å². The number of hydrogen-bond acceptors (Lipinski definition) is 11. The number of para-hydroxylation sites is 2. The summed E-state index contributed by atoms with van der Waals surface area (Å²) >= 11 is 0. The molecular weight excluding hydrogens is 380 g/mol. The van der Waals surface area contributed by atoms with E-state index in [1.807, 2.05) is 0 Å². The number of rotatable bonds is 6. The van der Waals surface area contributed by atoms with Crippen LogP contribution in [0.5, 0.6) is 11.5 Å². The molecule has 0 spiro atoms. The first kappa shape index (κ1) is 21.2. The summed E-state index contributed by atoms with van der Waals surface area (Å²) in [5.41, 5.74) is -1.87. The minimum Gasteiger partial charge on any atom is -0.504 e. The first-order valence-electron chi connectivity index (χ1n) is 8.65. The lowest BCUT2D eigenvalue weighted by Gasteiger charge is -2.40. The summed E-state index contributed by atoms with van der Waals surface area (Å²) < 4.78 is 21.2. The van der Waals surface area contributed by atoms with Crippen molar-refractivity contribution >= 4 is 0 Å². The van der Waals surface area contributed by atoms with E-state index in [2.05, 4.69) is 0 Å². The largest absolute Gasteiger partial charge is 0.504 e. The van der Waals surface area contributed by atoms with Crippen molar-refractivity contribution in [2.24, 2.45) is 0 Å². The summed E-state index contributed by atoms with van der Waals surface area (Å²) in [5.74, 6) is -0.213. The Balaban J connectivity index is 1.63. The van der Waals surface area contributed by atoms with Gasteiger partial charge in [-0.3, -0.25) is 0 Å². The van der Waals surface area contributed by atoms with Crippen molar-refractivity contribution < 1.29 is 54.7 Å². The van der Waals surface area contributed by atoms with Crippen molar-refractivity contribution in [3.05, 3.63) is 24.3 Å². The molecule has 28 heavy (non-hydrogen) atoms. The Morgan fingerprint density at radius 1 is 1.04 bits per heavy atom. The molecule has 0 radical (unpaired) electrons. The van der Waals surface area contributed by atoms with Crippen LogP contribution < -0.4 is 4.74 Å². The van der Waals surface area contributed by atoms with Crippen LogP contribution in [-0.2, 0) is 14.2 Å². The second-order valence-electron chi connectivity index (χ2n) is 6.82. The van der Waals surface area contributed by atoms with Gasteiger partial charge in [-0.25, -0.2) is 0 Å². The highest BCUT2D eigenvalue weighted by Crippen LogP contribution is 2.31. The molecule has 11 nitrogen and oxygen atoms in total. The predicted molar refractivity (Wildman–Crippen MR) is 89.2 cm³/mol. The van der Waals surface area contributed by atoms with Gasteiger partial charge in [0.05, 0.1) is 19.8 Å². The third-order valence-corrected chi connectivity index (χ3v) is 4.78. The first-order valence-corrected chi connectivity index (χ1v) is 8.65. The van der Waals surface area contributed by atoms with E-state index in [4.69, 9.17) is 24.1 Å². The number of aromatic hydroxyl groups is 1. The SMILES string of the molecule is OCC1(O)COC(OCC2OC(Oc3ccccc3O)C(O)C(O)C2O)C1O. The minimum absolute atomic E-state index is 0.00244. The average molecular weight is 404 g/mol. The molecular formula is C17H24O11.